The molecular weight excluding hydrogens is 332 g/mol. The molecule has 1 fully saturated rings. The Labute approximate surface area is 151 Å². The summed E-state index contributed by atoms with van der Waals surface area (Å²) < 4.78 is 10.6. The summed E-state index contributed by atoms with van der Waals surface area (Å²) in [6.45, 7) is 0.433. The van der Waals surface area contributed by atoms with Crippen LogP contribution < -0.4 is 20.1 Å². The quantitative estimate of drug-likeness (QED) is 0.837. The molecule has 0 bridgehead atoms. The zero-order valence-corrected chi connectivity index (χ0v) is 14.7. The topological polar surface area (TPSA) is 94.3 Å². The van der Waals surface area contributed by atoms with Crippen LogP contribution in [0, 0.1) is 11.3 Å². The summed E-state index contributed by atoms with van der Waals surface area (Å²) in [4.78, 5) is 4.48. The fourth-order valence-corrected chi connectivity index (χ4v) is 2.91. The van der Waals surface area contributed by atoms with Crippen molar-refractivity contribution in [2.45, 2.75) is 24.9 Å². The number of aliphatic imine (C=N–C) groups is 1. The van der Waals surface area contributed by atoms with Crippen molar-refractivity contribution in [1.82, 2.24) is 10.3 Å². The molecule has 0 spiro atoms. The van der Waals surface area contributed by atoms with Crippen LogP contribution in [-0.2, 0) is 0 Å². The highest BCUT2D eigenvalue weighted by atomic mass is 16.5. The SMILES string of the molecule is COc1ccc(NC2=NN3C(=NCC3C#N)C(NC3CC3)=C2)cc1OC. The summed E-state index contributed by atoms with van der Waals surface area (Å²) in [6.07, 6.45) is 4.24. The van der Waals surface area contributed by atoms with Gasteiger partial charge in [0.25, 0.3) is 0 Å². The van der Waals surface area contributed by atoms with Crippen LogP contribution in [-0.4, -0.2) is 49.5 Å². The van der Waals surface area contributed by atoms with Crippen LogP contribution >= 0.6 is 0 Å². The van der Waals surface area contributed by atoms with Crippen LogP contribution in [0.4, 0.5) is 5.69 Å². The summed E-state index contributed by atoms with van der Waals surface area (Å²) in [7, 11) is 3.20. The fourth-order valence-electron chi connectivity index (χ4n) is 2.91. The molecule has 8 heteroatoms. The third-order valence-corrected chi connectivity index (χ3v) is 4.41. The minimum atomic E-state index is -0.378. The number of benzene rings is 1. The Kier molecular flexibility index (Phi) is 4.13. The Bertz CT molecular complexity index is 850. The first-order valence-electron chi connectivity index (χ1n) is 8.51. The molecule has 2 aliphatic heterocycles. The highest BCUT2D eigenvalue weighted by molar-refractivity contribution is 6.13. The van der Waals surface area contributed by atoms with Gasteiger partial charge in [0.1, 0.15) is 0 Å². The Balaban J connectivity index is 1.61. The highest BCUT2D eigenvalue weighted by Crippen LogP contribution is 2.30. The van der Waals surface area contributed by atoms with E-state index in [1.165, 1.54) is 0 Å². The molecule has 1 aromatic rings. The van der Waals surface area contributed by atoms with Gasteiger partial charge in [0, 0.05) is 23.9 Å². The van der Waals surface area contributed by atoms with E-state index in [4.69, 9.17) is 9.47 Å². The lowest BCUT2D eigenvalue weighted by molar-refractivity contribution is 0.355. The maximum Gasteiger partial charge on any atom is 0.169 e. The number of rotatable bonds is 5. The van der Waals surface area contributed by atoms with Crippen molar-refractivity contribution in [3.8, 4) is 17.6 Å². The molecule has 0 amide bonds. The van der Waals surface area contributed by atoms with Gasteiger partial charge in [-0.1, -0.05) is 0 Å². The number of methoxy groups -OCH3 is 2. The second-order valence-corrected chi connectivity index (χ2v) is 6.31. The maximum absolute atomic E-state index is 9.36. The lowest BCUT2D eigenvalue weighted by Gasteiger charge is -2.26. The molecule has 1 saturated carbocycles. The number of amidine groups is 2. The molecule has 134 valence electrons. The molecule has 3 aliphatic rings. The maximum atomic E-state index is 9.36. The first-order valence-corrected chi connectivity index (χ1v) is 8.51. The molecule has 0 saturated heterocycles. The summed E-state index contributed by atoms with van der Waals surface area (Å²) in [5.74, 6) is 2.67. The highest BCUT2D eigenvalue weighted by Gasteiger charge is 2.35. The Morgan fingerprint density at radius 3 is 2.73 bits per heavy atom. The van der Waals surface area contributed by atoms with E-state index in [9.17, 15) is 5.26 Å². The summed E-state index contributed by atoms with van der Waals surface area (Å²) in [5, 5.41) is 22.4. The smallest absolute Gasteiger partial charge is 0.169 e. The van der Waals surface area contributed by atoms with E-state index in [1.807, 2.05) is 24.3 Å². The number of fused-ring (bicyclic) bond motifs is 1. The molecule has 1 aliphatic carbocycles. The first-order chi connectivity index (χ1) is 12.7. The molecular formula is C18H20N6O2. The lowest BCUT2D eigenvalue weighted by atomic mass is 10.2. The number of hydrazone groups is 1. The predicted octanol–water partition coefficient (Wildman–Crippen LogP) is 1.68. The lowest BCUT2D eigenvalue weighted by Crippen LogP contribution is -2.40. The van der Waals surface area contributed by atoms with Gasteiger partial charge in [0.05, 0.1) is 32.5 Å². The zero-order valence-electron chi connectivity index (χ0n) is 14.7. The second-order valence-electron chi connectivity index (χ2n) is 6.31. The van der Waals surface area contributed by atoms with Gasteiger partial charge < -0.3 is 20.1 Å². The normalized spacial score (nSPS) is 21.0. The Hall–Kier alpha value is -3.21. The van der Waals surface area contributed by atoms with Gasteiger partial charge in [0.15, 0.2) is 29.2 Å². The first kappa shape index (κ1) is 16.3. The molecule has 1 atom stereocenters. The van der Waals surface area contributed by atoms with E-state index >= 15 is 0 Å². The average Bonchev–Trinajstić information content (AvgIpc) is 3.38. The number of ether oxygens (including phenoxy) is 2. The third kappa shape index (κ3) is 3.04. The number of nitrogens with one attached hydrogen (secondary N) is 2. The monoisotopic (exact) mass is 352 g/mol. The van der Waals surface area contributed by atoms with Crippen LogP contribution in [0.25, 0.3) is 0 Å². The number of hydrogen-bond donors (Lipinski definition) is 2. The van der Waals surface area contributed by atoms with E-state index in [-0.39, 0.29) is 6.04 Å². The van der Waals surface area contributed by atoms with Crippen molar-refractivity contribution >= 4 is 17.4 Å². The Morgan fingerprint density at radius 2 is 2.04 bits per heavy atom. The van der Waals surface area contributed by atoms with E-state index in [2.05, 4.69) is 26.8 Å². The standard InChI is InChI=1S/C18H20N6O2/c1-25-15-6-5-12(7-16(15)26-2)22-17-8-14(21-11-3-4-11)18-20-10-13(9-19)24(18)23-17/h5-8,11,13,21H,3-4,10H2,1-2H3,(H,22,23). The van der Waals surface area contributed by atoms with Crippen LogP contribution in [0.5, 0.6) is 11.5 Å². The van der Waals surface area contributed by atoms with Crippen molar-refractivity contribution in [3.63, 3.8) is 0 Å². The third-order valence-electron chi connectivity index (χ3n) is 4.41. The molecule has 8 nitrogen and oxygen atoms in total. The Morgan fingerprint density at radius 1 is 1.23 bits per heavy atom. The second kappa shape index (κ2) is 6.59. The molecule has 2 heterocycles. The van der Waals surface area contributed by atoms with Crippen molar-refractivity contribution in [2.24, 2.45) is 10.1 Å². The van der Waals surface area contributed by atoms with Crippen molar-refractivity contribution in [3.05, 3.63) is 30.0 Å². The number of hydrogen-bond acceptors (Lipinski definition) is 8. The summed E-state index contributed by atoms with van der Waals surface area (Å²) >= 11 is 0. The fraction of sp³-hybridized carbons (Fsp3) is 0.389. The van der Waals surface area contributed by atoms with Crippen molar-refractivity contribution in [1.29, 1.82) is 5.26 Å². The van der Waals surface area contributed by atoms with Gasteiger partial charge in [-0.15, -0.1) is 0 Å². The number of nitriles is 1. The minimum Gasteiger partial charge on any atom is -0.493 e. The van der Waals surface area contributed by atoms with Gasteiger partial charge in [0.2, 0.25) is 0 Å². The molecule has 1 aromatic carbocycles. The van der Waals surface area contributed by atoms with E-state index < -0.39 is 0 Å². The molecule has 0 radical (unpaired) electrons. The molecule has 2 N–H and O–H groups in total. The largest absolute Gasteiger partial charge is 0.493 e. The van der Waals surface area contributed by atoms with E-state index in [0.29, 0.717) is 29.9 Å². The van der Waals surface area contributed by atoms with Crippen LogP contribution in [0.2, 0.25) is 0 Å². The van der Waals surface area contributed by atoms with Crippen LogP contribution in [0.3, 0.4) is 0 Å². The van der Waals surface area contributed by atoms with Gasteiger partial charge >= 0.3 is 0 Å². The average molecular weight is 352 g/mol. The number of nitrogens with zero attached hydrogens (tertiary/aromatic N) is 4. The molecule has 4 rings (SSSR count). The van der Waals surface area contributed by atoms with Crippen molar-refractivity contribution < 1.29 is 9.47 Å². The minimum absolute atomic E-state index is 0.378. The van der Waals surface area contributed by atoms with Gasteiger partial charge in [-0.25, -0.2) is 5.01 Å². The van der Waals surface area contributed by atoms with Crippen LogP contribution in [0.15, 0.2) is 40.1 Å². The van der Waals surface area contributed by atoms with Gasteiger partial charge in [-0.3, -0.25) is 4.99 Å². The number of anilines is 1. The van der Waals surface area contributed by atoms with Gasteiger partial charge in [-0.2, -0.15) is 10.4 Å². The zero-order chi connectivity index (χ0) is 18.1. The van der Waals surface area contributed by atoms with E-state index in [0.717, 1.165) is 30.1 Å². The summed E-state index contributed by atoms with van der Waals surface area (Å²) in [6, 6.07) is 7.92. The molecule has 0 aromatic heterocycles. The van der Waals surface area contributed by atoms with E-state index in [1.54, 1.807) is 19.2 Å². The predicted molar refractivity (Wildman–Crippen MR) is 98.4 cm³/mol. The summed E-state index contributed by atoms with van der Waals surface area (Å²) in [5.41, 5.74) is 1.72. The van der Waals surface area contributed by atoms with Crippen LogP contribution in [0.1, 0.15) is 12.8 Å². The molecule has 26 heavy (non-hydrogen) atoms. The van der Waals surface area contributed by atoms with Gasteiger partial charge in [-0.05, 0) is 25.0 Å². The molecule has 1 unspecified atom stereocenters. The van der Waals surface area contributed by atoms with Crippen molar-refractivity contribution in [2.75, 3.05) is 26.1 Å².